The zero-order valence-corrected chi connectivity index (χ0v) is 12.1. The Hall–Kier alpha value is -1.35. The topological polar surface area (TPSA) is 49.3 Å². The Labute approximate surface area is 116 Å². The maximum absolute atomic E-state index is 11.8. The molecular formula is C16H25NO2. The van der Waals surface area contributed by atoms with Gasteiger partial charge in [0.15, 0.2) is 0 Å². The molecule has 0 aliphatic heterocycles. The second-order valence-corrected chi connectivity index (χ2v) is 5.24. The van der Waals surface area contributed by atoms with Crippen LogP contribution in [-0.2, 0) is 17.6 Å². The fraction of sp³-hybridized carbons (Fsp3) is 0.562. The van der Waals surface area contributed by atoms with Crippen molar-refractivity contribution >= 4 is 5.91 Å². The van der Waals surface area contributed by atoms with E-state index in [1.807, 2.05) is 13.8 Å². The van der Waals surface area contributed by atoms with Gasteiger partial charge in [0.2, 0.25) is 5.91 Å². The van der Waals surface area contributed by atoms with Crippen LogP contribution >= 0.6 is 0 Å². The number of amides is 1. The van der Waals surface area contributed by atoms with Gasteiger partial charge in [0.25, 0.3) is 0 Å². The molecule has 1 amide bonds. The fourth-order valence-electron chi connectivity index (χ4n) is 2.00. The van der Waals surface area contributed by atoms with E-state index in [1.54, 1.807) is 0 Å². The Kier molecular flexibility index (Phi) is 6.57. The van der Waals surface area contributed by atoms with Crippen molar-refractivity contribution in [1.29, 1.82) is 0 Å². The van der Waals surface area contributed by atoms with Gasteiger partial charge in [0.1, 0.15) is 0 Å². The molecule has 3 heteroatoms. The summed E-state index contributed by atoms with van der Waals surface area (Å²) in [6.07, 6.45) is 1.87. The fourth-order valence-corrected chi connectivity index (χ4v) is 2.00. The first-order chi connectivity index (χ1) is 9.08. The van der Waals surface area contributed by atoms with Crippen LogP contribution in [0.2, 0.25) is 0 Å². The third kappa shape index (κ3) is 5.03. The summed E-state index contributed by atoms with van der Waals surface area (Å²) in [6.45, 7) is 6.56. The van der Waals surface area contributed by atoms with E-state index in [-0.39, 0.29) is 24.3 Å². The number of aliphatic hydroxyl groups is 1. The molecular weight excluding hydrogens is 238 g/mol. The highest BCUT2D eigenvalue weighted by Gasteiger charge is 2.20. The molecule has 0 aliphatic rings. The number of aliphatic hydroxyl groups excluding tert-OH is 1. The van der Waals surface area contributed by atoms with Crippen molar-refractivity contribution in [3.63, 3.8) is 0 Å². The predicted octanol–water partition coefficient (Wildman–Crippen LogP) is 2.17. The van der Waals surface area contributed by atoms with Crippen LogP contribution < -0.4 is 5.32 Å². The van der Waals surface area contributed by atoms with Crippen LogP contribution in [0.4, 0.5) is 0 Å². The Morgan fingerprint density at radius 1 is 1.21 bits per heavy atom. The molecule has 2 N–H and O–H groups in total. The molecule has 0 heterocycles. The van der Waals surface area contributed by atoms with E-state index in [0.29, 0.717) is 6.54 Å². The summed E-state index contributed by atoms with van der Waals surface area (Å²) in [4.78, 5) is 11.8. The maximum atomic E-state index is 11.8. The van der Waals surface area contributed by atoms with Crippen molar-refractivity contribution in [2.75, 3.05) is 13.2 Å². The van der Waals surface area contributed by atoms with Crippen LogP contribution in [0.5, 0.6) is 0 Å². The van der Waals surface area contributed by atoms with Crippen molar-refractivity contribution in [1.82, 2.24) is 5.32 Å². The van der Waals surface area contributed by atoms with Crippen molar-refractivity contribution in [3.05, 3.63) is 35.4 Å². The van der Waals surface area contributed by atoms with Crippen LogP contribution in [-0.4, -0.2) is 24.2 Å². The second kappa shape index (κ2) is 7.95. The molecule has 1 aromatic carbocycles. The number of carbonyl (C=O) groups is 1. The Morgan fingerprint density at radius 2 is 1.79 bits per heavy atom. The Balaban J connectivity index is 2.38. The molecule has 0 radical (unpaired) electrons. The molecule has 1 unspecified atom stereocenters. The van der Waals surface area contributed by atoms with Gasteiger partial charge in [-0.05, 0) is 29.9 Å². The largest absolute Gasteiger partial charge is 0.396 e. The normalized spacial score (nSPS) is 12.5. The molecule has 0 saturated carbocycles. The zero-order chi connectivity index (χ0) is 14.3. The number of benzene rings is 1. The van der Waals surface area contributed by atoms with Gasteiger partial charge < -0.3 is 10.4 Å². The van der Waals surface area contributed by atoms with E-state index in [0.717, 1.165) is 12.8 Å². The molecule has 0 saturated heterocycles. The van der Waals surface area contributed by atoms with Crippen molar-refractivity contribution in [2.45, 2.75) is 33.6 Å². The smallest absolute Gasteiger partial charge is 0.225 e. The van der Waals surface area contributed by atoms with Crippen LogP contribution in [0, 0.1) is 11.8 Å². The van der Waals surface area contributed by atoms with E-state index >= 15 is 0 Å². The zero-order valence-electron chi connectivity index (χ0n) is 12.1. The maximum Gasteiger partial charge on any atom is 0.225 e. The molecule has 1 atom stereocenters. The summed E-state index contributed by atoms with van der Waals surface area (Å²) in [7, 11) is 0. The quantitative estimate of drug-likeness (QED) is 0.792. The molecule has 106 valence electrons. The molecule has 1 aromatic rings. The monoisotopic (exact) mass is 263 g/mol. The molecule has 0 bridgehead atoms. The van der Waals surface area contributed by atoms with Gasteiger partial charge >= 0.3 is 0 Å². The van der Waals surface area contributed by atoms with Crippen molar-refractivity contribution in [3.8, 4) is 0 Å². The van der Waals surface area contributed by atoms with Gasteiger partial charge in [-0.15, -0.1) is 0 Å². The first kappa shape index (κ1) is 15.7. The lowest BCUT2D eigenvalue weighted by molar-refractivity contribution is -0.127. The third-order valence-electron chi connectivity index (χ3n) is 3.48. The molecule has 0 spiro atoms. The average molecular weight is 263 g/mol. The molecule has 0 aliphatic carbocycles. The number of hydrogen-bond acceptors (Lipinski definition) is 2. The number of carbonyl (C=O) groups excluding carboxylic acids is 1. The summed E-state index contributed by atoms with van der Waals surface area (Å²) < 4.78 is 0. The second-order valence-electron chi connectivity index (χ2n) is 5.24. The number of aryl methyl sites for hydroxylation is 1. The molecule has 0 aromatic heterocycles. The highest BCUT2D eigenvalue weighted by atomic mass is 16.3. The molecule has 1 rings (SSSR count). The predicted molar refractivity (Wildman–Crippen MR) is 77.9 cm³/mol. The molecule has 0 fully saturated rings. The van der Waals surface area contributed by atoms with Gasteiger partial charge in [-0.1, -0.05) is 45.0 Å². The lowest BCUT2D eigenvalue weighted by atomic mass is 9.96. The summed E-state index contributed by atoms with van der Waals surface area (Å²) in [5.41, 5.74) is 2.55. The SMILES string of the molecule is CCc1ccc(CCNC(=O)C(CO)C(C)C)cc1. The van der Waals surface area contributed by atoms with E-state index in [4.69, 9.17) is 0 Å². The minimum absolute atomic E-state index is 0.0531. The first-order valence-corrected chi connectivity index (χ1v) is 7.04. The summed E-state index contributed by atoms with van der Waals surface area (Å²) >= 11 is 0. The highest BCUT2D eigenvalue weighted by molar-refractivity contribution is 5.78. The minimum atomic E-state index is -0.303. The number of rotatable bonds is 7. The minimum Gasteiger partial charge on any atom is -0.396 e. The summed E-state index contributed by atoms with van der Waals surface area (Å²) in [5, 5.41) is 12.1. The van der Waals surface area contributed by atoms with E-state index in [1.165, 1.54) is 11.1 Å². The number of nitrogens with one attached hydrogen (secondary N) is 1. The van der Waals surface area contributed by atoms with Gasteiger partial charge in [-0.2, -0.15) is 0 Å². The molecule has 19 heavy (non-hydrogen) atoms. The van der Waals surface area contributed by atoms with Crippen LogP contribution in [0.3, 0.4) is 0 Å². The average Bonchev–Trinajstić information content (AvgIpc) is 2.40. The lowest BCUT2D eigenvalue weighted by Crippen LogP contribution is -2.36. The van der Waals surface area contributed by atoms with Crippen LogP contribution in [0.25, 0.3) is 0 Å². The summed E-state index contributed by atoms with van der Waals surface area (Å²) in [6, 6.07) is 8.47. The van der Waals surface area contributed by atoms with Gasteiger partial charge in [0, 0.05) is 6.54 Å². The van der Waals surface area contributed by atoms with Crippen molar-refractivity contribution in [2.24, 2.45) is 11.8 Å². The van der Waals surface area contributed by atoms with E-state index in [2.05, 4.69) is 36.5 Å². The van der Waals surface area contributed by atoms with E-state index < -0.39 is 0 Å². The standard InChI is InChI=1S/C16H25NO2/c1-4-13-5-7-14(8-6-13)9-10-17-16(19)15(11-18)12(2)3/h5-8,12,15,18H,4,9-11H2,1-3H3,(H,17,19). The van der Waals surface area contributed by atoms with Crippen molar-refractivity contribution < 1.29 is 9.90 Å². The Morgan fingerprint density at radius 3 is 2.26 bits per heavy atom. The number of hydrogen-bond donors (Lipinski definition) is 2. The van der Waals surface area contributed by atoms with E-state index in [9.17, 15) is 9.90 Å². The molecule has 3 nitrogen and oxygen atoms in total. The van der Waals surface area contributed by atoms with Crippen LogP contribution in [0.1, 0.15) is 31.9 Å². The third-order valence-corrected chi connectivity index (χ3v) is 3.48. The summed E-state index contributed by atoms with van der Waals surface area (Å²) in [5.74, 6) is -0.195. The first-order valence-electron chi connectivity index (χ1n) is 7.04. The highest BCUT2D eigenvalue weighted by Crippen LogP contribution is 2.10. The lowest BCUT2D eigenvalue weighted by Gasteiger charge is -2.17. The van der Waals surface area contributed by atoms with Crippen LogP contribution in [0.15, 0.2) is 24.3 Å². The van der Waals surface area contributed by atoms with Gasteiger partial charge in [-0.25, -0.2) is 0 Å². The van der Waals surface area contributed by atoms with Gasteiger partial charge in [0.05, 0.1) is 12.5 Å². The Bertz CT molecular complexity index is 384. The van der Waals surface area contributed by atoms with Gasteiger partial charge in [-0.3, -0.25) is 4.79 Å².